The van der Waals surface area contributed by atoms with Gasteiger partial charge >= 0.3 is 6.18 Å². The molecule has 160 valence electrons. The van der Waals surface area contributed by atoms with Crippen LogP contribution in [0.3, 0.4) is 0 Å². The molecule has 5 nitrogen and oxygen atoms in total. The minimum atomic E-state index is -4.68. The highest BCUT2D eigenvalue weighted by molar-refractivity contribution is 6.09. The lowest BCUT2D eigenvalue weighted by atomic mass is 10.1. The van der Waals surface area contributed by atoms with Crippen LogP contribution in [0.25, 0.3) is 0 Å². The number of para-hydroxylation sites is 2. The number of hydrogen-bond acceptors (Lipinski definition) is 3. The Morgan fingerprint density at radius 1 is 0.774 bits per heavy atom. The summed E-state index contributed by atoms with van der Waals surface area (Å²) in [5.74, 6) is -0.787. The minimum Gasteiger partial charge on any atom is -0.492 e. The van der Waals surface area contributed by atoms with Crippen molar-refractivity contribution >= 4 is 17.5 Å². The Hall–Kier alpha value is -3.81. The van der Waals surface area contributed by atoms with Crippen LogP contribution >= 0.6 is 0 Å². The van der Waals surface area contributed by atoms with Gasteiger partial charge in [-0.1, -0.05) is 42.5 Å². The molecule has 2 amide bonds. The molecular weight excluding hydrogens is 409 g/mol. The van der Waals surface area contributed by atoms with Crippen LogP contribution < -0.4 is 15.4 Å². The third-order valence-electron chi connectivity index (χ3n) is 4.30. The fourth-order valence-electron chi connectivity index (χ4n) is 2.85. The van der Waals surface area contributed by atoms with Gasteiger partial charge in [0.1, 0.15) is 12.4 Å². The average molecular weight is 428 g/mol. The molecule has 8 heteroatoms. The van der Waals surface area contributed by atoms with Crippen molar-refractivity contribution in [3.8, 4) is 5.75 Å². The van der Waals surface area contributed by atoms with Gasteiger partial charge in [0.15, 0.2) is 0 Å². The number of benzene rings is 3. The molecule has 0 heterocycles. The molecule has 0 aliphatic carbocycles. The van der Waals surface area contributed by atoms with Crippen LogP contribution in [-0.4, -0.2) is 25.0 Å². The van der Waals surface area contributed by atoms with E-state index in [-0.39, 0.29) is 24.4 Å². The van der Waals surface area contributed by atoms with E-state index in [4.69, 9.17) is 4.74 Å². The van der Waals surface area contributed by atoms with Gasteiger partial charge in [-0.15, -0.1) is 0 Å². The lowest BCUT2D eigenvalue weighted by Crippen LogP contribution is -2.29. The van der Waals surface area contributed by atoms with Crippen molar-refractivity contribution in [2.75, 3.05) is 18.5 Å². The topological polar surface area (TPSA) is 67.4 Å². The van der Waals surface area contributed by atoms with Crippen LogP contribution in [0.2, 0.25) is 0 Å². The quantitative estimate of drug-likeness (QED) is 0.533. The van der Waals surface area contributed by atoms with Crippen LogP contribution in [0.5, 0.6) is 5.75 Å². The molecule has 0 saturated heterocycles. The summed E-state index contributed by atoms with van der Waals surface area (Å²) >= 11 is 0. The van der Waals surface area contributed by atoms with Crippen molar-refractivity contribution in [1.29, 1.82) is 0 Å². The summed E-state index contributed by atoms with van der Waals surface area (Å²) in [7, 11) is 0. The van der Waals surface area contributed by atoms with Gasteiger partial charge in [0.05, 0.1) is 28.9 Å². The predicted molar refractivity (Wildman–Crippen MR) is 110 cm³/mol. The number of anilines is 1. The van der Waals surface area contributed by atoms with E-state index in [9.17, 15) is 22.8 Å². The Labute approximate surface area is 176 Å². The molecule has 0 bridgehead atoms. The average Bonchev–Trinajstić information content (AvgIpc) is 2.77. The van der Waals surface area contributed by atoms with Gasteiger partial charge in [-0.2, -0.15) is 13.2 Å². The summed E-state index contributed by atoms with van der Waals surface area (Å²) in [6.07, 6.45) is -4.68. The molecule has 0 atom stereocenters. The zero-order valence-corrected chi connectivity index (χ0v) is 16.3. The summed E-state index contributed by atoms with van der Waals surface area (Å²) in [6.45, 7) is 0.427. The van der Waals surface area contributed by atoms with Gasteiger partial charge in [-0.05, 0) is 36.4 Å². The van der Waals surface area contributed by atoms with Crippen molar-refractivity contribution in [2.24, 2.45) is 0 Å². The third kappa shape index (κ3) is 5.85. The van der Waals surface area contributed by atoms with Crippen LogP contribution in [0.15, 0.2) is 78.9 Å². The smallest absolute Gasteiger partial charge is 0.417 e. The number of carbonyl (C=O) groups is 2. The maximum Gasteiger partial charge on any atom is 0.417 e. The first kappa shape index (κ1) is 21.9. The zero-order chi connectivity index (χ0) is 22.3. The maximum absolute atomic E-state index is 13.2. The molecule has 0 spiro atoms. The molecule has 3 aromatic carbocycles. The zero-order valence-electron chi connectivity index (χ0n) is 16.3. The van der Waals surface area contributed by atoms with Gasteiger partial charge in [-0.25, -0.2) is 0 Å². The van der Waals surface area contributed by atoms with Gasteiger partial charge in [0.2, 0.25) is 0 Å². The van der Waals surface area contributed by atoms with Gasteiger partial charge in [0.25, 0.3) is 11.8 Å². The summed E-state index contributed by atoms with van der Waals surface area (Å²) in [5, 5.41) is 5.07. The second-order valence-corrected chi connectivity index (χ2v) is 6.46. The molecular formula is C23H19F3N2O3. The van der Waals surface area contributed by atoms with E-state index >= 15 is 0 Å². The second kappa shape index (κ2) is 9.80. The molecule has 0 aromatic heterocycles. The van der Waals surface area contributed by atoms with Crippen molar-refractivity contribution in [2.45, 2.75) is 6.18 Å². The summed E-state index contributed by atoms with van der Waals surface area (Å²) in [4.78, 5) is 25.0. The van der Waals surface area contributed by atoms with Gasteiger partial charge in [-0.3, -0.25) is 9.59 Å². The van der Waals surface area contributed by atoms with E-state index in [1.807, 2.05) is 18.2 Å². The predicted octanol–water partition coefficient (Wildman–Crippen LogP) is 4.77. The third-order valence-corrected chi connectivity index (χ3v) is 4.30. The number of halogens is 3. The van der Waals surface area contributed by atoms with E-state index in [1.54, 1.807) is 24.3 Å². The Balaban J connectivity index is 1.66. The van der Waals surface area contributed by atoms with E-state index < -0.39 is 29.1 Å². The van der Waals surface area contributed by atoms with Crippen LogP contribution in [0.4, 0.5) is 18.9 Å². The number of nitrogens with one attached hydrogen (secondary N) is 2. The number of hydrogen-bond donors (Lipinski definition) is 2. The SMILES string of the molecule is O=C(NCCOc1ccccc1)c1ccccc1NC(=O)c1ccccc1C(F)(F)F. The maximum atomic E-state index is 13.2. The summed E-state index contributed by atoms with van der Waals surface area (Å²) < 4.78 is 45.1. The molecule has 2 N–H and O–H groups in total. The Morgan fingerprint density at radius 3 is 2.10 bits per heavy atom. The molecule has 3 aromatic rings. The Morgan fingerprint density at radius 2 is 1.39 bits per heavy atom. The Bertz CT molecular complexity index is 1050. The summed E-state index contributed by atoms with van der Waals surface area (Å²) in [6, 6.07) is 19.6. The van der Waals surface area contributed by atoms with Gasteiger partial charge < -0.3 is 15.4 Å². The first-order chi connectivity index (χ1) is 14.9. The lowest BCUT2D eigenvalue weighted by Gasteiger charge is -2.14. The highest BCUT2D eigenvalue weighted by Crippen LogP contribution is 2.32. The highest BCUT2D eigenvalue weighted by atomic mass is 19.4. The van der Waals surface area contributed by atoms with Crippen molar-refractivity contribution in [3.63, 3.8) is 0 Å². The monoisotopic (exact) mass is 428 g/mol. The fourth-order valence-corrected chi connectivity index (χ4v) is 2.85. The van der Waals surface area contributed by atoms with E-state index in [1.165, 1.54) is 24.3 Å². The van der Waals surface area contributed by atoms with Crippen molar-refractivity contribution in [3.05, 3.63) is 95.6 Å². The van der Waals surface area contributed by atoms with Crippen LogP contribution in [0.1, 0.15) is 26.3 Å². The normalized spacial score (nSPS) is 10.9. The first-order valence-electron chi connectivity index (χ1n) is 9.39. The minimum absolute atomic E-state index is 0.103. The number of rotatable bonds is 7. The first-order valence-corrected chi connectivity index (χ1v) is 9.39. The van der Waals surface area contributed by atoms with E-state index in [0.29, 0.717) is 5.75 Å². The molecule has 3 rings (SSSR count). The molecule has 0 fully saturated rings. The van der Waals surface area contributed by atoms with E-state index in [2.05, 4.69) is 10.6 Å². The molecule has 0 unspecified atom stereocenters. The molecule has 31 heavy (non-hydrogen) atoms. The van der Waals surface area contributed by atoms with Crippen LogP contribution in [0, 0.1) is 0 Å². The number of amides is 2. The fraction of sp³-hybridized carbons (Fsp3) is 0.130. The number of ether oxygens (including phenoxy) is 1. The lowest BCUT2D eigenvalue weighted by molar-refractivity contribution is -0.137. The summed E-state index contributed by atoms with van der Waals surface area (Å²) in [5.41, 5.74) is -1.35. The Kier molecular flexibility index (Phi) is 6.92. The van der Waals surface area contributed by atoms with E-state index in [0.717, 1.165) is 12.1 Å². The highest BCUT2D eigenvalue weighted by Gasteiger charge is 2.35. The van der Waals surface area contributed by atoms with Crippen molar-refractivity contribution < 1.29 is 27.5 Å². The molecule has 0 saturated carbocycles. The molecule has 0 aliphatic rings. The van der Waals surface area contributed by atoms with Crippen molar-refractivity contribution in [1.82, 2.24) is 5.32 Å². The van der Waals surface area contributed by atoms with Crippen LogP contribution in [-0.2, 0) is 6.18 Å². The molecule has 0 radical (unpaired) electrons. The second-order valence-electron chi connectivity index (χ2n) is 6.46. The van der Waals surface area contributed by atoms with Gasteiger partial charge in [0, 0.05) is 0 Å². The standard InChI is InChI=1S/C23H19F3N2O3/c24-23(25,26)19-12-6-4-10-17(19)22(30)28-20-13-7-5-11-18(20)21(29)27-14-15-31-16-8-2-1-3-9-16/h1-13H,14-15H2,(H,27,29)(H,28,30). The number of carbonyl (C=O) groups excluding carboxylic acids is 2. The largest absolute Gasteiger partial charge is 0.492 e. The number of alkyl halides is 3. The molecule has 0 aliphatic heterocycles.